The average molecular weight is 297 g/mol. The summed E-state index contributed by atoms with van der Waals surface area (Å²) in [6.45, 7) is 4.25. The number of hydrogen-bond donors (Lipinski definition) is 2. The molecule has 2 N–H and O–H groups in total. The molecule has 2 aromatic carbocycles. The van der Waals surface area contributed by atoms with Crippen LogP contribution in [0.5, 0.6) is 0 Å². The molecule has 0 aromatic heterocycles. The SMILES string of the molecule is CC(C)C(C(=O)Nc1ccc(CCO)cc1)c1ccccc1. The highest BCUT2D eigenvalue weighted by Gasteiger charge is 2.23. The van der Waals surface area contributed by atoms with E-state index in [2.05, 4.69) is 19.2 Å². The van der Waals surface area contributed by atoms with Gasteiger partial charge >= 0.3 is 0 Å². The maximum absolute atomic E-state index is 12.6. The topological polar surface area (TPSA) is 49.3 Å². The van der Waals surface area contributed by atoms with Gasteiger partial charge in [-0.2, -0.15) is 0 Å². The summed E-state index contributed by atoms with van der Waals surface area (Å²) in [6.07, 6.45) is 0.632. The van der Waals surface area contributed by atoms with E-state index in [1.54, 1.807) is 0 Å². The van der Waals surface area contributed by atoms with Gasteiger partial charge in [-0.3, -0.25) is 4.79 Å². The Morgan fingerprint density at radius 3 is 2.23 bits per heavy atom. The zero-order valence-corrected chi connectivity index (χ0v) is 13.1. The van der Waals surface area contributed by atoms with Crippen molar-refractivity contribution in [1.29, 1.82) is 0 Å². The molecule has 1 amide bonds. The third-order valence-corrected chi connectivity index (χ3v) is 3.73. The van der Waals surface area contributed by atoms with Gasteiger partial charge in [-0.25, -0.2) is 0 Å². The highest BCUT2D eigenvalue weighted by molar-refractivity contribution is 5.96. The summed E-state index contributed by atoms with van der Waals surface area (Å²) in [5, 5.41) is 11.9. The van der Waals surface area contributed by atoms with Gasteiger partial charge in [0.15, 0.2) is 0 Å². The Kier molecular flexibility index (Phi) is 5.73. The predicted octanol–water partition coefficient (Wildman–Crippen LogP) is 3.60. The number of nitrogens with one attached hydrogen (secondary N) is 1. The van der Waals surface area contributed by atoms with Crippen LogP contribution in [-0.4, -0.2) is 17.6 Å². The van der Waals surface area contributed by atoms with E-state index in [1.165, 1.54) is 0 Å². The smallest absolute Gasteiger partial charge is 0.232 e. The van der Waals surface area contributed by atoms with Gasteiger partial charge < -0.3 is 10.4 Å². The van der Waals surface area contributed by atoms with Crippen molar-refractivity contribution < 1.29 is 9.90 Å². The minimum Gasteiger partial charge on any atom is -0.396 e. The first-order valence-electron chi connectivity index (χ1n) is 7.67. The van der Waals surface area contributed by atoms with E-state index in [1.807, 2.05) is 54.6 Å². The summed E-state index contributed by atoms with van der Waals surface area (Å²) in [7, 11) is 0. The molecule has 0 bridgehead atoms. The van der Waals surface area contributed by atoms with Gasteiger partial charge in [-0.15, -0.1) is 0 Å². The highest BCUT2D eigenvalue weighted by atomic mass is 16.2. The molecule has 22 heavy (non-hydrogen) atoms. The molecule has 0 spiro atoms. The van der Waals surface area contributed by atoms with Crippen LogP contribution in [-0.2, 0) is 11.2 Å². The normalized spacial score (nSPS) is 12.2. The second-order valence-corrected chi connectivity index (χ2v) is 5.79. The van der Waals surface area contributed by atoms with Crippen molar-refractivity contribution in [3.05, 3.63) is 65.7 Å². The van der Waals surface area contributed by atoms with E-state index in [0.717, 1.165) is 16.8 Å². The second kappa shape index (κ2) is 7.76. The minimum atomic E-state index is -0.168. The van der Waals surface area contributed by atoms with Crippen molar-refractivity contribution in [3.8, 4) is 0 Å². The van der Waals surface area contributed by atoms with E-state index in [9.17, 15) is 4.79 Å². The molecule has 2 rings (SSSR count). The fraction of sp³-hybridized carbons (Fsp3) is 0.316. The summed E-state index contributed by atoms with van der Waals surface area (Å²) in [4.78, 5) is 12.6. The number of anilines is 1. The van der Waals surface area contributed by atoms with Crippen molar-refractivity contribution in [3.63, 3.8) is 0 Å². The first-order valence-corrected chi connectivity index (χ1v) is 7.67. The lowest BCUT2D eigenvalue weighted by Gasteiger charge is -2.20. The van der Waals surface area contributed by atoms with Crippen LogP contribution < -0.4 is 5.32 Å². The van der Waals surface area contributed by atoms with Crippen LogP contribution in [0.3, 0.4) is 0 Å². The Bertz CT molecular complexity index is 591. The zero-order chi connectivity index (χ0) is 15.9. The molecule has 3 nitrogen and oxygen atoms in total. The van der Waals surface area contributed by atoms with Crippen LogP contribution in [0.15, 0.2) is 54.6 Å². The van der Waals surface area contributed by atoms with Crippen LogP contribution in [0.1, 0.15) is 30.9 Å². The Morgan fingerprint density at radius 1 is 1.05 bits per heavy atom. The Hall–Kier alpha value is -2.13. The third kappa shape index (κ3) is 4.18. The number of carbonyl (C=O) groups excluding carboxylic acids is 1. The van der Waals surface area contributed by atoms with Gasteiger partial charge in [0.2, 0.25) is 5.91 Å². The number of benzene rings is 2. The second-order valence-electron chi connectivity index (χ2n) is 5.79. The van der Waals surface area contributed by atoms with Crippen LogP contribution in [0.4, 0.5) is 5.69 Å². The van der Waals surface area contributed by atoms with Gasteiger partial charge in [0.1, 0.15) is 0 Å². The molecular formula is C19H23NO2. The van der Waals surface area contributed by atoms with Crippen molar-refractivity contribution in [2.75, 3.05) is 11.9 Å². The van der Waals surface area contributed by atoms with E-state index in [-0.39, 0.29) is 24.3 Å². The number of amides is 1. The Labute approximate surface area is 132 Å². The van der Waals surface area contributed by atoms with Gasteiger partial charge in [-0.05, 0) is 35.6 Å². The minimum absolute atomic E-state index is 0.0103. The van der Waals surface area contributed by atoms with Crippen molar-refractivity contribution in [2.45, 2.75) is 26.2 Å². The van der Waals surface area contributed by atoms with E-state index < -0.39 is 0 Å². The van der Waals surface area contributed by atoms with Crippen LogP contribution >= 0.6 is 0 Å². The molecule has 0 aliphatic rings. The molecule has 0 heterocycles. The number of hydrogen-bond acceptors (Lipinski definition) is 2. The number of rotatable bonds is 6. The van der Waals surface area contributed by atoms with E-state index in [0.29, 0.717) is 6.42 Å². The van der Waals surface area contributed by atoms with Gasteiger partial charge in [0.05, 0.1) is 5.92 Å². The van der Waals surface area contributed by atoms with Crippen molar-refractivity contribution in [1.82, 2.24) is 0 Å². The lowest BCUT2D eigenvalue weighted by Crippen LogP contribution is -2.25. The van der Waals surface area contributed by atoms with Crippen LogP contribution in [0.2, 0.25) is 0 Å². The molecule has 116 valence electrons. The molecule has 0 aliphatic carbocycles. The van der Waals surface area contributed by atoms with Gasteiger partial charge in [0.25, 0.3) is 0 Å². The molecular weight excluding hydrogens is 274 g/mol. The molecule has 0 radical (unpaired) electrons. The molecule has 1 atom stereocenters. The quantitative estimate of drug-likeness (QED) is 0.856. The standard InChI is InChI=1S/C19H23NO2/c1-14(2)18(16-6-4-3-5-7-16)19(22)20-17-10-8-15(9-11-17)12-13-21/h3-11,14,18,21H,12-13H2,1-2H3,(H,20,22). The summed E-state index contributed by atoms with van der Waals surface area (Å²) in [6, 6.07) is 17.5. The summed E-state index contributed by atoms with van der Waals surface area (Å²) in [5.41, 5.74) is 2.88. The monoisotopic (exact) mass is 297 g/mol. The lowest BCUT2D eigenvalue weighted by molar-refractivity contribution is -0.118. The molecule has 2 aromatic rings. The molecule has 0 saturated carbocycles. The summed E-state index contributed by atoms with van der Waals surface area (Å²) >= 11 is 0. The van der Waals surface area contributed by atoms with Gasteiger partial charge in [-0.1, -0.05) is 56.3 Å². The first-order chi connectivity index (χ1) is 10.6. The highest BCUT2D eigenvalue weighted by Crippen LogP contribution is 2.26. The van der Waals surface area contributed by atoms with Crippen molar-refractivity contribution >= 4 is 11.6 Å². The summed E-state index contributed by atoms with van der Waals surface area (Å²) < 4.78 is 0. The largest absolute Gasteiger partial charge is 0.396 e. The maximum Gasteiger partial charge on any atom is 0.232 e. The Balaban J connectivity index is 2.11. The number of carbonyl (C=O) groups is 1. The van der Waals surface area contributed by atoms with E-state index in [4.69, 9.17) is 5.11 Å². The predicted molar refractivity (Wildman–Crippen MR) is 89.9 cm³/mol. The van der Waals surface area contributed by atoms with Crippen molar-refractivity contribution in [2.24, 2.45) is 5.92 Å². The zero-order valence-electron chi connectivity index (χ0n) is 13.1. The fourth-order valence-electron chi connectivity index (χ4n) is 2.60. The fourth-order valence-corrected chi connectivity index (χ4v) is 2.60. The number of aliphatic hydroxyl groups excluding tert-OH is 1. The Morgan fingerprint density at radius 2 is 1.68 bits per heavy atom. The molecule has 0 fully saturated rings. The van der Waals surface area contributed by atoms with Gasteiger partial charge in [0, 0.05) is 12.3 Å². The molecule has 1 unspecified atom stereocenters. The molecule has 3 heteroatoms. The van der Waals surface area contributed by atoms with Crippen LogP contribution in [0.25, 0.3) is 0 Å². The van der Waals surface area contributed by atoms with Crippen LogP contribution in [0, 0.1) is 5.92 Å². The molecule has 0 saturated heterocycles. The first kappa shape index (κ1) is 16.2. The average Bonchev–Trinajstić information content (AvgIpc) is 2.50. The maximum atomic E-state index is 12.6. The molecule has 0 aliphatic heterocycles. The number of aliphatic hydroxyl groups is 1. The van der Waals surface area contributed by atoms with E-state index >= 15 is 0 Å². The third-order valence-electron chi connectivity index (χ3n) is 3.73. The summed E-state index contributed by atoms with van der Waals surface area (Å²) in [5.74, 6) is 0.0606. The lowest BCUT2D eigenvalue weighted by atomic mass is 9.87.